The molecule has 0 atom stereocenters. The van der Waals surface area contributed by atoms with Crippen molar-refractivity contribution in [2.24, 2.45) is 5.92 Å². The Morgan fingerprint density at radius 2 is 1.33 bits per heavy atom. The Kier molecular flexibility index (Phi) is 9.40. The Balaban J connectivity index is 1.19. The van der Waals surface area contributed by atoms with E-state index < -0.39 is 0 Å². The van der Waals surface area contributed by atoms with Gasteiger partial charge in [0.1, 0.15) is 0 Å². The lowest BCUT2D eigenvalue weighted by Gasteiger charge is -2.43. The second kappa shape index (κ2) is 13.6. The van der Waals surface area contributed by atoms with E-state index in [1.807, 2.05) is 12.1 Å². The van der Waals surface area contributed by atoms with Gasteiger partial charge in [-0.05, 0) is 93.0 Å². The minimum atomic E-state index is 0.0503. The highest BCUT2D eigenvalue weighted by molar-refractivity contribution is 6.30. The van der Waals surface area contributed by atoms with Gasteiger partial charge in [-0.1, -0.05) is 84.4 Å². The highest BCUT2D eigenvalue weighted by Crippen LogP contribution is 2.42. The fraction of sp³-hybridized carbons (Fsp3) is 0.417. The number of hydrogen-bond donors (Lipinski definition) is 1. The van der Waals surface area contributed by atoms with Crippen molar-refractivity contribution in [1.82, 2.24) is 19.6 Å². The summed E-state index contributed by atoms with van der Waals surface area (Å²) in [6.07, 6.45) is 7.73. The quantitative estimate of drug-likeness (QED) is 0.224. The molecule has 6 heteroatoms. The Bertz CT molecular complexity index is 1350. The number of rotatable bonds is 10. The topological polar surface area (TPSA) is 44.5 Å². The van der Waals surface area contributed by atoms with Crippen molar-refractivity contribution >= 4 is 11.6 Å². The van der Waals surface area contributed by atoms with Crippen molar-refractivity contribution in [1.29, 1.82) is 0 Å². The van der Waals surface area contributed by atoms with E-state index in [-0.39, 0.29) is 5.41 Å². The molecule has 6 rings (SSSR count). The van der Waals surface area contributed by atoms with Crippen molar-refractivity contribution in [3.63, 3.8) is 0 Å². The molecule has 3 aromatic carbocycles. The third-order valence-corrected chi connectivity index (χ3v) is 9.81. The van der Waals surface area contributed by atoms with Crippen molar-refractivity contribution in [2.45, 2.75) is 57.2 Å². The maximum Gasteiger partial charge on any atom is 0.0809 e. The summed E-state index contributed by atoms with van der Waals surface area (Å²) in [6, 6.07) is 30.3. The van der Waals surface area contributed by atoms with Gasteiger partial charge in [-0.25, -0.2) is 0 Å². The molecule has 2 aliphatic rings. The first-order chi connectivity index (χ1) is 20.6. The Hall–Kier alpha value is -2.96. The average Bonchev–Trinajstić information content (AvgIpc) is 3.40. The fourth-order valence-corrected chi connectivity index (χ4v) is 7.17. The number of halogens is 1. The van der Waals surface area contributed by atoms with Crippen LogP contribution in [0.15, 0.2) is 91.1 Å². The number of hydrogen-bond acceptors (Lipinski definition) is 4. The van der Waals surface area contributed by atoms with E-state index in [4.69, 9.17) is 16.7 Å². The van der Waals surface area contributed by atoms with E-state index in [0.29, 0.717) is 12.5 Å². The molecule has 0 radical (unpaired) electrons. The molecule has 2 aliphatic heterocycles. The number of piperidine rings is 2. The number of likely N-dealkylation sites (tertiary alicyclic amines) is 2. The number of nitrogens with zero attached hydrogens (tertiary/aromatic N) is 4. The van der Waals surface area contributed by atoms with Crippen LogP contribution in [0.1, 0.15) is 60.1 Å². The van der Waals surface area contributed by atoms with Crippen molar-refractivity contribution in [2.75, 3.05) is 32.8 Å². The number of aliphatic hydroxyl groups is 1. The molecule has 5 nitrogen and oxygen atoms in total. The first-order valence-electron chi connectivity index (χ1n) is 15.6. The smallest absolute Gasteiger partial charge is 0.0809 e. The van der Waals surface area contributed by atoms with Gasteiger partial charge in [-0.2, -0.15) is 5.10 Å². The van der Waals surface area contributed by atoms with E-state index in [9.17, 15) is 5.11 Å². The lowest BCUT2D eigenvalue weighted by molar-refractivity contribution is 0.151. The highest BCUT2D eigenvalue weighted by atomic mass is 35.5. The van der Waals surface area contributed by atoms with Gasteiger partial charge >= 0.3 is 0 Å². The van der Waals surface area contributed by atoms with Crippen LogP contribution in [0, 0.1) is 5.92 Å². The molecule has 0 bridgehead atoms. The number of benzene rings is 3. The molecular weight excluding hydrogens is 540 g/mol. The molecule has 220 valence electrons. The Labute approximate surface area is 255 Å². The van der Waals surface area contributed by atoms with Crippen LogP contribution in [0.3, 0.4) is 0 Å². The van der Waals surface area contributed by atoms with E-state index in [1.165, 1.54) is 40.8 Å². The Morgan fingerprint density at radius 3 is 1.93 bits per heavy atom. The lowest BCUT2D eigenvalue weighted by Crippen LogP contribution is -2.43. The van der Waals surface area contributed by atoms with Gasteiger partial charge < -0.3 is 5.11 Å². The maximum absolute atomic E-state index is 9.38. The molecule has 2 saturated heterocycles. The van der Waals surface area contributed by atoms with Crippen LogP contribution in [0.2, 0.25) is 5.02 Å². The van der Waals surface area contributed by atoms with E-state index >= 15 is 0 Å². The Morgan fingerprint density at radius 1 is 0.738 bits per heavy atom. The molecule has 2 fully saturated rings. The molecule has 3 heterocycles. The van der Waals surface area contributed by atoms with Gasteiger partial charge in [0.2, 0.25) is 0 Å². The average molecular weight is 583 g/mol. The summed E-state index contributed by atoms with van der Waals surface area (Å²) >= 11 is 6.14. The van der Waals surface area contributed by atoms with Gasteiger partial charge in [-0.15, -0.1) is 0 Å². The molecule has 42 heavy (non-hydrogen) atoms. The van der Waals surface area contributed by atoms with Crippen LogP contribution < -0.4 is 0 Å². The summed E-state index contributed by atoms with van der Waals surface area (Å²) in [5, 5.41) is 15.3. The SMILES string of the molecule is OCCC1CCN(Cc2cn(Cc3ccc(Cl)cc3)nc2CN2CCC(c3ccccc3)(c3ccccc3)CC2)CC1. The van der Waals surface area contributed by atoms with Gasteiger partial charge in [0, 0.05) is 41.9 Å². The van der Waals surface area contributed by atoms with Crippen LogP contribution in [-0.4, -0.2) is 57.5 Å². The zero-order chi connectivity index (χ0) is 28.8. The van der Waals surface area contributed by atoms with E-state index in [1.54, 1.807) is 0 Å². The van der Waals surface area contributed by atoms with Crippen LogP contribution in [-0.2, 0) is 25.0 Å². The van der Waals surface area contributed by atoms with Crippen molar-refractivity contribution in [3.8, 4) is 0 Å². The first-order valence-corrected chi connectivity index (χ1v) is 16.0. The summed E-state index contributed by atoms with van der Waals surface area (Å²) in [4.78, 5) is 5.18. The molecule has 0 amide bonds. The van der Waals surface area contributed by atoms with Gasteiger partial charge in [0.15, 0.2) is 0 Å². The van der Waals surface area contributed by atoms with Gasteiger partial charge in [-0.3, -0.25) is 14.5 Å². The second-order valence-electron chi connectivity index (χ2n) is 12.2. The standard InChI is InChI=1S/C36H43ClN4O/c37-34-13-11-30(12-14-34)25-41-27-31(26-39-20-15-29(16-21-39)17-24-42)35(38-41)28-40-22-18-36(19-23-40,32-7-3-1-4-8-32)33-9-5-2-6-10-33/h1-14,27,29,42H,15-26,28H2. The summed E-state index contributed by atoms with van der Waals surface area (Å²) in [5.41, 5.74) is 6.65. The summed E-state index contributed by atoms with van der Waals surface area (Å²) in [5.74, 6) is 0.654. The molecule has 1 aromatic heterocycles. The maximum atomic E-state index is 9.38. The molecule has 4 aromatic rings. The monoisotopic (exact) mass is 582 g/mol. The van der Waals surface area contributed by atoms with Gasteiger partial charge in [0.05, 0.1) is 12.2 Å². The number of aromatic nitrogens is 2. The van der Waals surface area contributed by atoms with E-state index in [0.717, 1.165) is 70.1 Å². The van der Waals surface area contributed by atoms with Crippen LogP contribution >= 0.6 is 11.6 Å². The predicted octanol–water partition coefficient (Wildman–Crippen LogP) is 6.76. The molecule has 0 aliphatic carbocycles. The van der Waals surface area contributed by atoms with Crippen molar-refractivity contribution in [3.05, 3.63) is 124 Å². The summed E-state index contributed by atoms with van der Waals surface area (Å²) in [6.45, 7) is 7.13. The molecule has 1 N–H and O–H groups in total. The fourth-order valence-electron chi connectivity index (χ4n) is 7.05. The molecule has 0 spiro atoms. The minimum Gasteiger partial charge on any atom is -0.396 e. The minimum absolute atomic E-state index is 0.0503. The summed E-state index contributed by atoms with van der Waals surface area (Å²) < 4.78 is 2.12. The normalized spacial score (nSPS) is 18.3. The third-order valence-electron chi connectivity index (χ3n) is 9.56. The second-order valence-corrected chi connectivity index (χ2v) is 12.7. The van der Waals surface area contributed by atoms with Crippen LogP contribution in [0.4, 0.5) is 0 Å². The highest BCUT2D eigenvalue weighted by Gasteiger charge is 2.38. The summed E-state index contributed by atoms with van der Waals surface area (Å²) in [7, 11) is 0. The lowest BCUT2D eigenvalue weighted by atomic mass is 9.68. The number of aliphatic hydroxyl groups excluding tert-OH is 1. The zero-order valence-corrected chi connectivity index (χ0v) is 25.3. The largest absolute Gasteiger partial charge is 0.396 e. The predicted molar refractivity (Wildman–Crippen MR) is 171 cm³/mol. The van der Waals surface area contributed by atoms with Crippen LogP contribution in [0.25, 0.3) is 0 Å². The van der Waals surface area contributed by atoms with Crippen LogP contribution in [0.5, 0.6) is 0 Å². The first kappa shape index (κ1) is 29.1. The van der Waals surface area contributed by atoms with Gasteiger partial charge in [0.25, 0.3) is 0 Å². The third kappa shape index (κ3) is 6.81. The molecule has 0 unspecified atom stereocenters. The zero-order valence-electron chi connectivity index (χ0n) is 24.5. The van der Waals surface area contributed by atoms with Crippen molar-refractivity contribution < 1.29 is 5.11 Å². The molecule has 0 saturated carbocycles. The van der Waals surface area contributed by atoms with E-state index in [2.05, 4.69) is 93.5 Å². The molecular formula is C36H43ClN4O.